The number of carboxylic acids is 1. The van der Waals surface area contributed by atoms with Crippen LogP contribution in [0.3, 0.4) is 0 Å². The van der Waals surface area contributed by atoms with Gasteiger partial charge in [0.25, 0.3) is 0 Å². The smallest absolute Gasteiger partial charge is 0.335 e. The molecule has 5 rings (SSSR count). The molecule has 9 nitrogen and oxygen atoms in total. The Morgan fingerprint density at radius 2 is 1.61 bits per heavy atom. The Labute approximate surface area is 212 Å². The molecule has 0 bridgehead atoms. The van der Waals surface area contributed by atoms with Gasteiger partial charge in [-0.1, -0.05) is 13.8 Å². The summed E-state index contributed by atoms with van der Waals surface area (Å²) in [4.78, 5) is 11.5. The van der Waals surface area contributed by atoms with Gasteiger partial charge in [-0.25, -0.2) is 4.79 Å². The number of aliphatic hydroxyl groups excluding tert-OH is 5. The lowest BCUT2D eigenvalue weighted by Gasteiger charge is -2.61. The molecule has 14 atom stereocenters. The van der Waals surface area contributed by atoms with Crippen LogP contribution in [0.5, 0.6) is 0 Å². The summed E-state index contributed by atoms with van der Waals surface area (Å²) in [7, 11) is 0. The molecule has 0 radical (unpaired) electrons. The number of aliphatic carboxylic acids is 1. The highest BCUT2D eigenvalue weighted by Crippen LogP contribution is 2.68. The van der Waals surface area contributed by atoms with Gasteiger partial charge < -0.3 is 40.1 Å². The van der Waals surface area contributed by atoms with Gasteiger partial charge in [0.15, 0.2) is 12.4 Å². The number of hydrogen-bond acceptors (Lipinski definition) is 8. The van der Waals surface area contributed by atoms with Crippen LogP contribution >= 0.6 is 0 Å². The molecule has 0 aromatic carbocycles. The molecule has 4 aliphatic carbocycles. The Bertz CT molecular complexity index is 823. The summed E-state index contributed by atoms with van der Waals surface area (Å²) in [6.45, 7) is 4.45. The van der Waals surface area contributed by atoms with Gasteiger partial charge in [-0.3, -0.25) is 0 Å². The first-order valence-corrected chi connectivity index (χ1v) is 13.9. The minimum atomic E-state index is -1.77. The zero-order valence-corrected chi connectivity index (χ0v) is 21.4. The SMILES string of the molecule is C[C@]12CCC3C(CC[C@H]4C[C@@H](O)CC[C@]34C)C1CC[C@@H]2[C@@H](CO)OC1OC(C(=O)O)[C@@H](O)[C@H](O)[C@H]1O. The second-order valence-corrected chi connectivity index (χ2v) is 12.9. The predicted molar refractivity (Wildman–Crippen MR) is 127 cm³/mol. The van der Waals surface area contributed by atoms with E-state index in [2.05, 4.69) is 13.8 Å². The Morgan fingerprint density at radius 1 is 0.917 bits per heavy atom. The molecule has 9 heteroatoms. The summed E-state index contributed by atoms with van der Waals surface area (Å²) < 4.78 is 11.4. The molecule has 6 N–H and O–H groups in total. The van der Waals surface area contributed by atoms with Crippen molar-refractivity contribution in [2.45, 2.75) is 115 Å². The van der Waals surface area contributed by atoms with E-state index in [4.69, 9.17) is 9.47 Å². The number of ether oxygens (including phenoxy) is 2. The summed E-state index contributed by atoms with van der Waals surface area (Å²) in [6.07, 6.45) is 0.132. The van der Waals surface area contributed by atoms with E-state index in [0.717, 1.165) is 51.4 Å². The normalized spacial score (nSPS) is 53.7. The van der Waals surface area contributed by atoms with E-state index in [1.54, 1.807) is 0 Å². The van der Waals surface area contributed by atoms with Crippen LogP contribution in [0.1, 0.15) is 71.6 Å². The minimum absolute atomic E-state index is 0.00947. The van der Waals surface area contributed by atoms with Crippen LogP contribution in [0.25, 0.3) is 0 Å². The molecule has 5 fully saturated rings. The molecule has 1 saturated heterocycles. The molecular formula is C27H44O9. The van der Waals surface area contributed by atoms with E-state index in [9.17, 15) is 35.4 Å². The van der Waals surface area contributed by atoms with E-state index >= 15 is 0 Å². The number of carboxylic acid groups (broad SMARTS) is 1. The number of carbonyl (C=O) groups is 1. The lowest BCUT2D eigenvalue weighted by atomic mass is 9.44. The highest BCUT2D eigenvalue weighted by atomic mass is 16.7. The van der Waals surface area contributed by atoms with Crippen molar-refractivity contribution in [2.75, 3.05) is 6.61 Å². The van der Waals surface area contributed by atoms with Gasteiger partial charge in [-0.05, 0) is 98.2 Å². The predicted octanol–water partition coefficient (Wildman–Crippen LogP) is 1.28. The first-order valence-electron chi connectivity index (χ1n) is 13.9. The van der Waals surface area contributed by atoms with Crippen LogP contribution in [-0.2, 0) is 14.3 Å². The summed E-state index contributed by atoms with van der Waals surface area (Å²) in [5, 5.41) is 60.6. The van der Waals surface area contributed by atoms with Crippen LogP contribution in [0, 0.1) is 40.4 Å². The van der Waals surface area contributed by atoms with Crippen LogP contribution < -0.4 is 0 Å². The molecule has 1 heterocycles. The third-order valence-electron chi connectivity index (χ3n) is 11.5. The molecule has 36 heavy (non-hydrogen) atoms. The molecule has 0 aromatic heterocycles. The molecule has 0 spiro atoms. The van der Waals surface area contributed by atoms with E-state index in [-0.39, 0.29) is 29.5 Å². The monoisotopic (exact) mass is 512 g/mol. The topological polar surface area (TPSA) is 157 Å². The second kappa shape index (κ2) is 9.74. The minimum Gasteiger partial charge on any atom is -0.479 e. The quantitative estimate of drug-likeness (QED) is 0.319. The van der Waals surface area contributed by atoms with Crippen molar-refractivity contribution in [1.82, 2.24) is 0 Å². The molecule has 1 aliphatic heterocycles. The number of fused-ring (bicyclic) bond motifs is 5. The van der Waals surface area contributed by atoms with Crippen molar-refractivity contribution in [1.29, 1.82) is 0 Å². The highest BCUT2D eigenvalue weighted by molar-refractivity contribution is 5.73. The maximum Gasteiger partial charge on any atom is 0.335 e. The molecule has 4 saturated carbocycles. The average Bonchev–Trinajstić information content (AvgIpc) is 3.19. The van der Waals surface area contributed by atoms with Gasteiger partial charge in [0.05, 0.1) is 18.8 Å². The van der Waals surface area contributed by atoms with Crippen molar-refractivity contribution >= 4 is 5.97 Å². The first-order chi connectivity index (χ1) is 17.0. The molecular weight excluding hydrogens is 468 g/mol. The van der Waals surface area contributed by atoms with Crippen molar-refractivity contribution in [3.8, 4) is 0 Å². The average molecular weight is 513 g/mol. The van der Waals surface area contributed by atoms with Gasteiger partial charge in [0, 0.05) is 0 Å². The van der Waals surface area contributed by atoms with Gasteiger partial charge in [0.2, 0.25) is 0 Å². The summed E-state index contributed by atoms with van der Waals surface area (Å²) in [5.74, 6) is 0.898. The zero-order chi connectivity index (χ0) is 26.0. The van der Waals surface area contributed by atoms with E-state index in [0.29, 0.717) is 23.7 Å². The fourth-order valence-corrected chi connectivity index (χ4v) is 9.49. The number of rotatable bonds is 5. The Morgan fingerprint density at radius 3 is 2.31 bits per heavy atom. The van der Waals surface area contributed by atoms with Gasteiger partial charge in [-0.2, -0.15) is 0 Å². The maximum absolute atomic E-state index is 11.5. The van der Waals surface area contributed by atoms with Crippen LogP contribution in [0.2, 0.25) is 0 Å². The number of hydrogen-bond donors (Lipinski definition) is 6. The first kappa shape index (κ1) is 26.8. The largest absolute Gasteiger partial charge is 0.479 e. The molecule has 206 valence electrons. The standard InChI is InChI=1S/C27H44O9/c1-26-9-7-14(29)11-13(26)3-4-15-16-5-6-18(27(16,2)10-8-17(15)26)19(12-28)35-25-22(32)20(30)21(31)23(36-25)24(33)34/h13-23,25,28-32H,3-12H2,1-2H3,(H,33,34)/t13-,14-,15?,16?,17?,18+,19+,20-,21-,22+,23?,25?,26-,27-/m0/s1. The molecule has 0 amide bonds. The Balaban J connectivity index is 1.32. The fourth-order valence-electron chi connectivity index (χ4n) is 9.49. The van der Waals surface area contributed by atoms with Gasteiger partial charge >= 0.3 is 5.97 Å². The van der Waals surface area contributed by atoms with E-state index in [1.807, 2.05) is 0 Å². The van der Waals surface area contributed by atoms with E-state index in [1.165, 1.54) is 6.42 Å². The highest BCUT2D eigenvalue weighted by Gasteiger charge is 2.61. The zero-order valence-electron chi connectivity index (χ0n) is 21.4. The third-order valence-corrected chi connectivity index (χ3v) is 11.5. The lowest BCUT2D eigenvalue weighted by molar-refractivity contribution is -0.313. The van der Waals surface area contributed by atoms with Gasteiger partial charge in [0.1, 0.15) is 18.3 Å². The van der Waals surface area contributed by atoms with Crippen molar-refractivity contribution in [3.63, 3.8) is 0 Å². The lowest BCUT2D eigenvalue weighted by Crippen LogP contribution is -2.61. The van der Waals surface area contributed by atoms with Crippen molar-refractivity contribution in [3.05, 3.63) is 0 Å². The molecule has 5 unspecified atom stereocenters. The third kappa shape index (κ3) is 4.14. The fraction of sp³-hybridized carbons (Fsp3) is 0.963. The van der Waals surface area contributed by atoms with Gasteiger partial charge in [-0.15, -0.1) is 0 Å². The molecule has 5 aliphatic rings. The van der Waals surface area contributed by atoms with Crippen LogP contribution in [0.4, 0.5) is 0 Å². The molecule has 0 aromatic rings. The Hall–Kier alpha value is -0.810. The summed E-state index contributed by atoms with van der Waals surface area (Å²) in [5.41, 5.74) is 0.215. The van der Waals surface area contributed by atoms with Crippen molar-refractivity contribution in [2.24, 2.45) is 40.4 Å². The summed E-state index contributed by atoms with van der Waals surface area (Å²) in [6, 6.07) is 0. The van der Waals surface area contributed by atoms with E-state index < -0.39 is 42.8 Å². The van der Waals surface area contributed by atoms with Crippen LogP contribution in [0.15, 0.2) is 0 Å². The Kier molecular flexibility index (Phi) is 7.24. The van der Waals surface area contributed by atoms with Crippen molar-refractivity contribution < 1.29 is 44.9 Å². The maximum atomic E-state index is 11.5. The van der Waals surface area contributed by atoms with Crippen LogP contribution in [-0.4, -0.2) is 86.1 Å². The summed E-state index contributed by atoms with van der Waals surface area (Å²) >= 11 is 0. The second-order valence-electron chi connectivity index (χ2n) is 12.9. The number of aliphatic hydroxyl groups is 5.